The topological polar surface area (TPSA) is 320 Å². The first-order chi connectivity index (χ1) is 26.7. The van der Waals surface area contributed by atoms with E-state index in [1.54, 1.807) is 30.3 Å². The molecule has 0 aliphatic carbocycles. The number of hydrogen-bond donors (Lipinski definition) is 11. The number of aromatic amines is 1. The second kappa shape index (κ2) is 22.8. The number of carboxylic acids is 1. The summed E-state index contributed by atoms with van der Waals surface area (Å²) in [5.74, 6) is -6.41. The van der Waals surface area contributed by atoms with Crippen LogP contribution in [0.2, 0.25) is 0 Å². The molecule has 1 aromatic heterocycles. The third-order valence-corrected chi connectivity index (χ3v) is 8.72. The highest BCUT2D eigenvalue weighted by molar-refractivity contribution is 5.98. The zero-order valence-corrected chi connectivity index (χ0v) is 31.2. The molecule has 1 aliphatic rings. The summed E-state index contributed by atoms with van der Waals surface area (Å²) in [7, 11) is 0. The number of carbonyl (C=O) groups excluding carboxylic acids is 7. The highest BCUT2D eigenvalue weighted by atomic mass is 16.4. The van der Waals surface area contributed by atoms with E-state index in [0.717, 1.165) is 0 Å². The van der Waals surface area contributed by atoms with E-state index < -0.39 is 90.5 Å². The van der Waals surface area contributed by atoms with E-state index in [1.807, 2.05) is 0 Å². The van der Waals surface area contributed by atoms with Crippen molar-refractivity contribution in [2.24, 2.45) is 5.73 Å². The van der Waals surface area contributed by atoms with Gasteiger partial charge in [-0.3, -0.25) is 43.8 Å². The zero-order valence-electron chi connectivity index (χ0n) is 31.2. The molecular formula is C36H51N11O9. The predicted molar refractivity (Wildman–Crippen MR) is 200 cm³/mol. The molecular weight excluding hydrogens is 730 g/mol. The number of imidazole rings is 1. The van der Waals surface area contributed by atoms with Gasteiger partial charge in [0.05, 0.1) is 25.1 Å². The summed E-state index contributed by atoms with van der Waals surface area (Å²) in [6.07, 6.45) is 4.07. The van der Waals surface area contributed by atoms with Crippen LogP contribution in [0, 0.1) is 5.41 Å². The second-order valence-electron chi connectivity index (χ2n) is 13.4. The second-order valence-corrected chi connectivity index (χ2v) is 13.4. The normalized spacial score (nSPS) is 20.1. The van der Waals surface area contributed by atoms with E-state index in [0.29, 0.717) is 30.5 Å². The van der Waals surface area contributed by atoms with Crippen LogP contribution in [0.3, 0.4) is 0 Å². The summed E-state index contributed by atoms with van der Waals surface area (Å²) in [4.78, 5) is 110. The molecule has 0 spiro atoms. The van der Waals surface area contributed by atoms with Crippen molar-refractivity contribution >= 4 is 53.2 Å². The van der Waals surface area contributed by atoms with Gasteiger partial charge in [-0.05, 0) is 37.7 Å². The van der Waals surface area contributed by atoms with Crippen molar-refractivity contribution in [2.75, 3.05) is 13.1 Å². The Morgan fingerprint density at radius 2 is 1.50 bits per heavy atom. The van der Waals surface area contributed by atoms with Crippen LogP contribution in [-0.2, 0) is 51.2 Å². The number of rotatable bonds is 18. The highest BCUT2D eigenvalue weighted by Gasteiger charge is 2.33. The number of aromatic nitrogens is 2. The summed E-state index contributed by atoms with van der Waals surface area (Å²) in [5.41, 5.74) is 6.73. The van der Waals surface area contributed by atoms with Crippen LogP contribution >= 0.6 is 0 Å². The lowest BCUT2D eigenvalue weighted by Gasteiger charge is -2.26. The Bertz CT molecular complexity index is 1690. The van der Waals surface area contributed by atoms with E-state index in [4.69, 9.17) is 11.1 Å². The number of hydrogen-bond acceptors (Lipinski definition) is 10. The first-order valence-corrected chi connectivity index (χ1v) is 18.3. The molecule has 1 aliphatic heterocycles. The Morgan fingerprint density at radius 3 is 2.12 bits per heavy atom. The Hall–Kier alpha value is -6.34. The molecule has 304 valence electrons. The lowest BCUT2D eigenvalue weighted by molar-refractivity contribution is -0.141. The van der Waals surface area contributed by atoms with Gasteiger partial charge in [-0.25, -0.2) is 4.98 Å². The van der Waals surface area contributed by atoms with Gasteiger partial charge in [0, 0.05) is 44.6 Å². The number of nitrogens with two attached hydrogens (primary N) is 1. The van der Waals surface area contributed by atoms with Crippen molar-refractivity contribution in [1.82, 2.24) is 47.2 Å². The van der Waals surface area contributed by atoms with E-state index in [9.17, 15) is 43.5 Å². The van der Waals surface area contributed by atoms with Gasteiger partial charge in [0.2, 0.25) is 41.4 Å². The number of unbranched alkanes of at least 4 members (excludes halogenated alkanes) is 2. The largest absolute Gasteiger partial charge is 0.481 e. The van der Waals surface area contributed by atoms with Crippen LogP contribution in [-0.4, -0.2) is 112 Å². The van der Waals surface area contributed by atoms with Crippen molar-refractivity contribution in [3.63, 3.8) is 0 Å². The number of aliphatic carboxylic acids is 1. The molecule has 56 heavy (non-hydrogen) atoms. The van der Waals surface area contributed by atoms with Gasteiger partial charge < -0.3 is 53.0 Å². The summed E-state index contributed by atoms with van der Waals surface area (Å²) >= 11 is 0. The van der Waals surface area contributed by atoms with E-state index in [2.05, 4.69) is 47.2 Å². The Labute approximate surface area is 323 Å². The van der Waals surface area contributed by atoms with E-state index in [-0.39, 0.29) is 50.9 Å². The van der Waals surface area contributed by atoms with Crippen LogP contribution in [0.4, 0.5) is 0 Å². The molecule has 2 aromatic rings. The van der Waals surface area contributed by atoms with Gasteiger partial charge in [0.25, 0.3) is 0 Å². The first kappa shape index (κ1) is 44.1. The van der Waals surface area contributed by atoms with Gasteiger partial charge in [-0.1, -0.05) is 36.8 Å². The van der Waals surface area contributed by atoms with Gasteiger partial charge in [-0.15, -0.1) is 0 Å². The van der Waals surface area contributed by atoms with Gasteiger partial charge in [-0.2, -0.15) is 0 Å². The molecule has 2 heterocycles. The van der Waals surface area contributed by atoms with Crippen molar-refractivity contribution in [3.8, 4) is 0 Å². The monoisotopic (exact) mass is 781 g/mol. The first-order valence-electron chi connectivity index (χ1n) is 18.3. The number of carbonyl (C=O) groups is 8. The standard InChI is InChI=1S/C36H51N11O9/c1-21(48)43-27(16-23-18-39-20-42-23)33(53)40-14-8-7-12-25-34(54)45-24(11-5-6-13-29(37)38)32(52)41-19-30(49)44-28(17-31(50)51)36(56)47-26(35(55)46-25)15-22-9-3-2-4-10-22/h2-4,9-10,18,20,24-28H,5-8,11-17,19H2,1H3,(H3,37,38)(H,39,42)(H,40,53)(H,41,52)(H,43,48)(H,44,49)(H,45,54)(H,46,55)(H,47,56)(H,50,51)/t24-,25-,26+,27-,28-/m0/s1. The van der Waals surface area contributed by atoms with Crippen LogP contribution in [0.1, 0.15) is 69.5 Å². The van der Waals surface area contributed by atoms with Crippen LogP contribution in [0.5, 0.6) is 0 Å². The summed E-state index contributed by atoms with van der Waals surface area (Å²) < 4.78 is 0. The molecule has 7 amide bonds. The molecule has 5 atom stereocenters. The van der Waals surface area contributed by atoms with Crippen molar-refractivity contribution in [1.29, 1.82) is 5.41 Å². The summed E-state index contributed by atoms with van der Waals surface area (Å²) in [6.45, 7) is 0.799. The molecule has 12 N–H and O–H groups in total. The minimum Gasteiger partial charge on any atom is -0.481 e. The molecule has 20 nitrogen and oxygen atoms in total. The molecule has 20 heteroatoms. The number of carboxylic acid groups (broad SMARTS) is 1. The van der Waals surface area contributed by atoms with E-state index in [1.165, 1.54) is 19.4 Å². The van der Waals surface area contributed by atoms with Crippen molar-refractivity contribution in [3.05, 3.63) is 54.1 Å². The smallest absolute Gasteiger partial charge is 0.305 e. The molecule has 0 bridgehead atoms. The summed E-state index contributed by atoms with van der Waals surface area (Å²) in [6, 6.07) is 2.40. The van der Waals surface area contributed by atoms with Crippen molar-refractivity contribution in [2.45, 2.75) is 101 Å². The SMILES string of the molecule is CC(=O)N[C@@H](Cc1cnc[nH]1)C(=O)NCCCC[C@@H]1NC(=O)[C@@H](Cc2ccccc2)NC(=O)[C@H](CC(=O)O)NC(=O)CNC(=O)[C@H](CCCCC(=N)N)NC1=O. The van der Waals surface area contributed by atoms with Crippen LogP contribution < -0.4 is 43.0 Å². The maximum Gasteiger partial charge on any atom is 0.305 e. The number of benzene rings is 1. The van der Waals surface area contributed by atoms with Gasteiger partial charge >= 0.3 is 5.97 Å². The molecule has 0 unspecified atom stereocenters. The lowest BCUT2D eigenvalue weighted by Crippen LogP contribution is -2.58. The average molecular weight is 782 g/mol. The third kappa shape index (κ3) is 15.9. The fourth-order valence-corrected chi connectivity index (χ4v) is 5.88. The lowest BCUT2D eigenvalue weighted by atomic mass is 10.0. The molecule has 1 fully saturated rings. The molecule has 1 saturated heterocycles. The van der Waals surface area contributed by atoms with Crippen molar-refractivity contribution < 1.29 is 43.5 Å². The number of nitrogens with one attached hydrogen (secondary N) is 9. The fraction of sp³-hybridized carbons (Fsp3) is 0.500. The maximum absolute atomic E-state index is 13.9. The Balaban J connectivity index is 1.84. The van der Waals surface area contributed by atoms with Crippen LogP contribution in [0.15, 0.2) is 42.9 Å². The fourth-order valence-electron chi connectivity index (χ4n) is 5.88. The molecule has 0 radical (unpaired) electrons. The van der Waals surface area contributed by atoms with Gasteiger partial charge in [0.1, 0.15) is 30.2 Å². The number of amides is 7. The number of amidine groups is 1. The quantitative estimate of drug-likeness (QED) is 0.0448. The van der Waals surface area contributed by atoms with Crippen LogP contribution in [0.25, 0.3) is 0 Å². The minimum absolute atomic E-state index is 0.0308. The molecule has 1 aromatic carbocycles. The zero-order chi connectivity index (χ0) is 41.0. The Morgan fingerprint density at radius 1 is 0.875 bits per heavy atom. The highest BCUT2D eigenvalue weighted by Crippen LogP contribution is 2.10. The van der Waals surface area contributed by atoms with Gasteiger partial charge in [0.15, 0.2) is 0 Å². The maximum atomic E-state index is 13.9. The Kier molecular flexibility index (Phi) is 17.9. The number of H-pyrrole nitrogens is 1. The molecule has 3 rings (SSSR count). The average Bonchev–Trinajstić information content (AvgIpc) is 3.66. The number of nitrogens with zero attached hydrogens (tertiary/aromatic N) is 1. The van der Waals surface area contributed by atoms with E-state index >= 15 is 0 Å². The molecule has 0 saturated carbocycles. The predicted octanol–water partition coefficient (Wildman–Crippen LogP) is -1.97. The summed E-state index contributed by atoms with van der Waals surface area (Å²) in [5, 5.41) is 34.9. The minimum atomic E-state index is -1.61. The third-order valence-electron chi connectivity index (χ3n) is 8.72.